The highest BCUT2D eigenvalue weighted by atomic mass is 16.5. The van der Waals surface area contributed by atoms with Gasteiger partial charge in [-0.1, -0.05) is 24.3 Å². The molecule has 0 fully saturated rings. The first-order valence-corrected chi connectivity index (χ1v) is 5.05. The van der Waals surface area contributed by atoms with Gasteiger partial charge in [-0.05, 0) is 25.0 Å². The van der Waals surface area contributed by atoms with E-state index in [4.69, 9.17) is 10.5 Å². The van der Waals surface area contributed by atoms with E-state index in [2.05, 4.69) is 0 Å². The second-order valence-electron chi connectivity index (χ2n) is 4.09. The van der Waals surface area contributed by atoms with Crippen LogP contribution in [0.25, 0.3) is 0 Å². The summed E-state index contributed by atoms with van der Waals surface area (Å²) in [5, 5.41) is 9.63. The van der Waals surface area contributed by atoms with Crippen LogP contribution in [0, 0.1) is 0 Å². The van der Waals surface area contributed by atoms with Crippen LogP contribution in [0.4, 0.5) is 0 Å². The lowest BCUT2D eigenvalue weighted by Gasteiger charge is -2.24. The Morgan fingerprint density at radius 1 is 1.47 bits per heavy atom. The minimum absolute atomic E-state index is 0.233. The molecule has 1 aromatic rings. The van der Waals surface area contributed by atoms with E-state index in [0.29, 0.717) is 0 Å². The molecule has 0 aliphatic carbocycles. The molecule has 0 bridgehead atoms. The average Bonchev–Trinajstić information content (AvgIpc) is 2.28. The number of ether oxygens (including phenoxy) is 1. The van der Waals surface area contributed by atoms with Crippen molar-refractivity contribution >= 4 is 0 Å². The number of rotatable bonds is 4. The predicted molar refractivity (Wildman–Crippen MR) is 60.5 cm³/mol. The van der Waals surface area contributed by atoms with Crippen molar-refractivity contribution in [1.82, 2.24) is 0 Å². The summed E-state index contributed by atoms with van der Waals surface area (Å²) in [4.78, 5) is 0. The fraction of sp³-hybridized carbons (Fsp3) is 0.500. The zero-order valence-electron chi connectivity index (χ0n) is 9.53. The summed E-state index contributed by atoms with van der Waals surface area (Å²) in [5.74, 6) is 0. The van der Waals surface area contributed by atoms with Crippen molar-refractivity contribution < 1.29 is 9.84 Å². The number of nitrogens with two attached hydrogens (primary N) is 1. The molecule has 15 heavy (non-hydrogen) atoms. The third-order valence-corrected chi connectivity index (χ3v) is 2.70. The summed E-state index contributed by atoms with van der Waals surface area (Å²) >= 11 is 0. The SMILES string of the molecule is COC(C)(C)c1cccc(C(O)CN)c1. The third-order valence-electron chi connectivity index (χ3n) is 2.70. The van der Waals surface area contributed by atoms with Gasteiger partial charge in [0.1, 0.15) is 0 Å². The summed E-state index contributed by atoms with van der Waals surface area (Å²) < 4.78 is 5.38. The molecule has 0 heterocycles. The molecular weight excluding hydrogens is 190 g/mol. The minimum Gasteiger partial charge on any atom is -0.387 e. The maximum Gasteiger partial charge on any atom is 0.0912 e. The van der Waals surface area contributed by atoms with Gasteiger partial charge < -0.3 is 15.6 Å². The molecule has 3 heteroatoms. The number of aliphatic hydroxyl groups is 1. The largest absolute Gasteiger partial charge is 0.387 e. The van der Waals surface area contributed by atoms with E-state index in [1.807, 2.05) is 38.1 Å². The highest BCUT2D eigenvalue weighted by Gasteiger charge is 2.20. The van der Waals surface area contributed by atoms with Gasteiger partial charge in [-0.15, -0.1) is 0 Å². The van der Waals surface area contributed by atoms with Crippen LogP contribution in [0.15, 0.2) is 24.3 Å². The Hall–Kier alpha value is -0.900. The lowest BCUT2D eigenvalue weighted by molar-refractivity contribution is 0.0190. The topological polar surface area (TPSA) is 55.5 Å². The molecule has 0 saturated heterocycles. The number of aliphatic hydroxyl groups excluding tert-OH is 1. The fourth-order valence-electron chi connectivity index (χ4n) is 1.37. The fourth-order valence-corrected chi connectivity index (χ4v) is 1.37. The maximum absolute atomic E-state index is 9.63. The Labute approximate surface area is 90.9 Å². The molecule has 0 aliphatic heterocycles. The van der Waals surface area contributed by atoms with Crippen molar-refractivity contribution in [1.29, 1.82) is 0 Å². The van der Waals surface area contributed by atoms with Gasteiger partial charge in [0.25, 0.3) is 0 Å². The first kappa shape index (κ1) is 12.2. The molecule has 3 N–H and O–H groups in total. The number of hydrogen-bond acceptors (Lipinski definition) is 3. The van der Waals surface area contributed by atoms with Crippen molar-refractivity contribution in [3.8, 4) is 0 Å². The molecular formula is C12H19NO2. The van der Waals surface area contributed by atoms with Crippen LogP contribution >= 0.6 is 0 Å². The van der Waals surface area contributed by atoms with Crippen LogP contribution in [-0.4, -0.2) is 18.8 Å². The zero-order valence-corrected chi connectivity index (χ0v) is 9.53. The molecule has 0 radical (unpaired) electrons. The van der Waals surface area contributed by atoms with Gasteiger partial charge in [-0.2, -0.15) is 0 Å². The van der Waals surface area contributed by atoms with E-state index in [1.54, 1.807) is 7.11 Å². The van der Waals surface area contributed by atoms with Crippen molar-refractivity contribution in [2.75, 3.05) is 13.7 Å². The molecule has 1 rings (SSSR count). The zero-order chi connectivity index (χ0) is 11.5. The van der Waals surface area contributed by atoms with Crippen LogP contribution in [0.5, 0.6) is 0 Å². The maximum atomic E-state index is 9.63. The van der Waals surface area contributed by atoms with Crippen LogP contribution in [-0.2, 0) is 10.3 Å². The van der Waals surface area contributed by atoms with Crippen molar-refractivity contribution in [3.63, 3.8) is 0 Å². The van der Waals surface area contributed by atoms with E-state index in [9.17, 15) is 5.11 Å². The molecule has 0 amide bonds. The third kappa shape index (κ3) is 2.78. The molecule has 1 aromatic carbocycles. The highest BCUT2D eigenvalue weighted by molar-refractivity contribution is 5.29. The van der Waals surface area contributed by atoms with E-state index in [1.165, 1.54) is 0 Å². The first-order chi connectivity index (χ1) is 7.01. The molecule has 0 spiro atoms. The summed E-state index contributed by atoms with van der Waals surface area (Å²) in [5.41, 5.74) is 6.94. The van der Waals surface area contributed by atoms with E-state index in [0.717, 1.165) is 11.1 Å². The van der Waals surface area contributed by atoms with E-state index < -0.39 is 6.10 Å². The monoisotopic (exact) mass is 209 g/mol. The quantitative estimate of drug-likeness (QED) is 0.791. The summed E-state index contributed by atoms with van der Waals surface area (Å²) in [7, 11) is 1.67. The molecule has 1 unspecified atom stereocenters. The number of benzene rings is 1. The number of methoxy groups -OCH3 is 1. The van der Waals surface area contributed by atoms with Gasteiger partial charge in [0.05, 0.1) is 11.7 Å². The second-order valence-corrected chi connectivity index (χ2v) is 4.09. The normalized spacial score (nSPS) is 13.9. The number of hydrogen-bond donors (Lipinski definition) is 2. The Morgan fingerprint density at radius 2 is 2.13 bits per heavy atom. The molecule has 0 aromatic heterocycles. The van der Waals surface area contributed by atoms with Gasteiger partial charge in [-0.3, -0.25) is 0 Å². The van der Waals surface area contributed by atoms with Gasteiger partial charge in [0.2, 0.25) is 0 Å². The standard InChI is InChI=1S/C12H19NO2/c1-12(2,15-3)10-6-4-5-9(7-10)11(14)8-13/h4-7,11,14H,8,13H2,1-3H3. The molecule has 0 saturated carbocycles. The minimum atomic E-state index is -0.599. The lowest BCUT2D eigenvalue weighted by Crippen LogP contribution is -2.20. The summed E-state index contributed by atoms with van der Waals surface area (Å²) in [6.45, 7) is 4.21. The molecule has 1 atom stereocenters. The van der Waals surface area contributed by atoms with Gasteiger partial charge in [-0.25, -0.2) is 0 Å². The van der Waals surface area contributed by atoms with E-state index in [-0.39, 0.29) is 12.1 Å². The average molecular weight is 209 g/mol. The van der Waals surface area contributed by atoms with Crippen LogP contribution < -0.4 is 5.73 Å². The van der Waals surface area contributed by atoms with Gasteiger partial charge >= 0.3 is 0 Å². The van der Waals surface area contributed by atoms with Crippen LogP contribution in [0.3, 0.4) is 0 Å². The van der Waals surface area contributed by atoms with Crippen molar-refractivity contribution in [2.24, 2.45) is 5.73 Å². The Kier molecular flexibility index (Phi) is 3.85. The van der Waals surface area contributed by atoms with Crippen molar-refractivity contribution in [3.05, 3.63) is 35.4 Å². The summed E-state index contributed by atoms with van der Waals surface area (Å²) in [6.07, 6.45) is -0.599. The Morgan fingerprint density at radius 3 is 2.67 bits per heavy atom. The smallest absolute Gasteiger partial charge is 0.0912 e. The molecule has 84 valence electrons. The van der Waals surface area contributed by atoms with Crippen LogP contribution in [0.2, 0.25) is 0 Å². The Balaban J connectivity index is 3.02. The first-order valence-electron chi connectivity index (χ1n) is 5.05. The van der Waals surface area contributed by atoms with Gasteiger partial charge in [0, 0.05) is 13.7 Å². The highest BCUT2D eigenvalue weighted by Crippen LogP contribution is 2.25. The Bertz CT molecular complexity index is 323. The van der Waals surface area contributed by atoms with Crippen molar-refractivity contribution in [2.45, 2.75) is 25.6 Å². The summed E-state index contributed by atoms with van der Waals surface area (Å²) in [6, 6.07) is 7.69. The second kappa shape index (κ2) is 4.75. The van der Waals surface area contributed by atoms with E-state index >= 15 is 0 Å². The molecule has 3 nitrogen and oxygen atoms in total. The van der Waals surface area contributed by atoms with Gasteiger partial charge in [0.15, 0.2) is 0 Å². The lowest BCUT2D eigenvalue weighted by atomic mass is 9.95. The van der Waals surface area contributed by atoms with Crippen LogP contribution in [0.1, 0.15) is 31.1 Å². The molecule has 0 aliphatic rings. The predicted octanol–water partition coefficient (Wildman–Crippen LogP) is 1.56.